The maximum absolute atomic E-state index is 13.9. The van der Waals surface area contributed by atoms with E-state index in [4.69, 9.17) is 4.74 Å². The van der Waals surface area contributed by atoms with Gasteiger partial charge in [0.25, 0.3) is 5.91 Å². The van der Waals surface area contributed by atoms with E-state index >= 15 is 0 Å². The van der Waals surface area contributed by atoms with Crippen molar-refractivity contribution in [2.75, 3.05) is 25.5 Å². The third kappa shape index (κ3) is 4.40. The maximum atomic E-state index is 13.9. The molecule has 1 N–H and O–H groups in total. The van der Waals surface area contributed by atoms with Crippen LogP contribution in [0, 0.1) is 17.6 Å². The van der Waals surface area contributed by atoms with Crippen LogP contribution in [-0.4, -0.2) is 38.8 Å². The summed E-state index contributed by atoms with van der Waals surface area (Å²) >= 11 is 0. The lowest BCUT2D eigenvalue weighted by Crippen LogP contribution is -2.38. The highest BCUT2D eigenvalue weighted by atomic mass is 32.2. The second-order valence-corrected chi connectivity index (χ2v) is 8.94. The van der Waals surface area contributed by atoms with E-state index in [1.54, 1.807) is 0 Å². The van der Waals surface area contributed by atoms with Gasteiger partial charge < -0.3 is 10.1 Å². The zero-order valence-electron chi connectivity index (χ0n) is 16.1. The van der Waals surface area contributed by atoms with Crippen LogP contribution >= 0.6 is 0 Å². The van der Waals surface area contributed by atoms with Gasteiger partial charge in [0.2, 0.25) is 10.0 Å². The van der Waals surface area contributed by atoms with Crippen molar-refractivity contribution in [3.63, 3.8) is 0 Å². The van der Waals surface area contributed by atoms with Crippen molar-refractivity contribution in [1.82, 2.24) is 4.31 Å². The van der Waals surface area contributed by atoms with E-state index in [9.17, 15) is 22.0 Å². The number of piperidine rings is 1. The molecule has 0 aliphatic carbocycles. The van der Waals surface area contributed by atoms with Gasteiger partial charge in [0.1, 0.15) is 23.1 Å². The predicted octanol–water partition coefficient (Wildman–Crippen LogP) is 3.65. The molecule has 1 fully saturated rings. The molecular weight excluding hydrogens is 402 g/mol. The van der Waals surface area contributed by atoms with E-state index in [-0.39, 0.29) is 16.2 Å². The molecule has 156 valence electrons. The number of anilines is 1. The Morgan fingerprint density at radius 2 is 1.76 bits per heavy atom. The summed E-state index contributed by atoms with van der Waals surface area (Å²) in [6, 6.07) is 7.06. The summed E-state index contributed by atoms with van der Waals surface area (Å²) in [7, 11) is -2.49. The maximum Gasteiger partial charge on any atom is 0.259 e. The van der Waals surface area contributed by atoms with Crippen LogP contribution in [0.25, 0.3) is 0 Å². The Morgan fingerprint density at radius 3 is 2.34 bits per heavy atom. The van der Waals surface area contributed by atoms with Crippen molar-refractivity contribution in [1.29, 1.82) is 0 Å². The van der Waals surface area contributed by atoms with Crippen LogP contribution in [0.3, 0.4) is 0 Å². The van der Waals surface area contributed by atoms with Crippen LogP contribution in [0.5, 0.6) is 5.75 Å². The number of carbonyl (C=O) groups is 1. The molecule has 29 heavy (non-hydrogen) atoms. The highest BCUT2D eigenvalue weighted by molar-refractivity contribution is 7.89. The molecule has 1 amide bonds. The van der Waals surface area contributed by atoms with Gasteiger partial charge in [0, 0.05) is 13.1 Å². The van der Waals surface area contributed by atoms with E-state index in [1.165, 1.54) is 35.7 Å². The normalized spacial score (nSPS) is 15.9. The zero-order chi connectivity index (χ0) is 21.2. The van der Waals surface area contributed by atoms with Gasteiger partial charge in [-0.3, -0.25) is 4.79 Å². The smallest absolute Gasteiger partial charge is 0.259 e. The number of methoxy groups -OCH3 is 1. The Kier molecular flexibility index (Phi) is 6.18. The molecule has 9 heteroatoms. The van der Waals surface area contributed by atoms with E-state index in [0.29, 0.717) is 19.0 Å². The number of hydrogen-bond acceptors (Lipinski definition) is 4. The summed E-state index contributed by atoms with van der Waals surface area (Å²) < 4.78 is 60.2. The van der Waals surface area contributed by atoms with E-state index < -0.39 is 33.3 Å². The number of nitrogens with one attached hydrogen (secondary N) is 1. The van der Waals surface area contributed by atoms with Crippen LogP contribution in [-0.2, 0) is 10.0 Å². The van der Waals surface area contributed by atoms with Crippen LogP contribution in [0.2, 0.25) is 0 Å². The van der Waals surface area contributed by atoms with Crippen LogP contribution < -0.4 is 10.1 Å². The number of carbonyl (C=O) groups excluding carboxylic acids is 1. The summed E-state index contributed by atoms with van der Waals surface area (Å²) in [6.45, 7) is 2.87. The molecule has 0 atom stereocenters. The summed E-state index contributed by atoms with van der Waals surface area (Å²) in [6.07, 6.45) is 1.52. The van der Waals surface area contributed by atoms with E-state index in [0.717, 1.165) is 25.0 Å². The molecule has 1 saturated heterocycles. The first kappa shape index (κ1) is 21.2. The average Bonchev–Trinajstić information content (AvgIpc) is 2.70. The number of nitrogens with zero attached hydrogens (tertiary/aromatic N) is 1. The van der Waals surface area contributed by atoms with Crippen LogP contribution in [0.15, 0.2) is 41.3 Å². The van der Waals surface area contributed by atoms with Gasteiger partial charge in [-0.25, -0.2) is 17.2 Å². The van der Waals surface area contributed by atoms with Crippen LogP contribution in [0.1, 0.15) is 30.1 Å². The van der Waals surface area contributed by atoms with Gasteiger partial charge in [0.15, 0.2) is 0 Å². The lowest BCUT2D eigenvalue weighted by atomic mass is 10.0. The number of amides is 1. The second-order valence-electron chi connectivity index (χ2n) is 7.00. The van der Waals surface area contributed by atoms with Crippen molar-refractivity contribution in [3.8, 4) is 5.75 Å². The topological polar surface area (TPSA) is 75.7 Å². The molecule has 0 spiro atoms. The Morgan fingerprint density at radius 1 is 1.14 bits per heavy atom. The van der Waals surface area contributed by atoms with Crippen LogP contribution in [0.4, 0.5) is 14.5 Å². The average molecular weight is 424 g/mol. The molecule has 0 aromatic heterocycles. The highest BCUT2D eigenvalue weighted by Gasteiger charge is 2.29. The molecule has 0 unspecified atom stereocenters. The number of rotatable bonds is 5. The van der Waals surface area contributed by atoms with E-state index in [1.807, 2.05) is 0 Å². The van der Waals surface area contributed by atoms with Gasteiger partial charge in [-0.1, -0.05) is 13.0 Å². The minimum Gasteiger partial charge on any atom is -0.496 e. The lowest BCUT2D eigenvalue weighted by Gasteiger charge is -2.29. The third-order valence-electron chi connectivity index (χ3n) is 5.00. The van der Waals surface area contributed by atoms with Gasteiger partial charge in [-0.2, -0.15) is 4.31 Å². The SMILES string of the molecule is COc1ccc(S(=O)(=O)N2CCC(C)CC2)cc1C(=O)Nc1c(F)cccc1F. The van der Waals surface area contributed by atoms with Gasteiger partial charge in [-0.05, 0) is 49.1 Å². The molecule has 1 aliphatic heterocycles. The molecule has 2 aromatic carbocycles. The van der Waals surface area contributed by atoms with Gasteiger partial charge in [-0.15, -0.1) is 0 Å². The fourth-order valence-corrected chi connectivity index (χ4v) is 4.69. The van der Waals surface area contributed by atoms with Crippen molar-refractivity contribution in [3.05, 3.63) is 53.6 Å². The summed E-state index contributed by atoms with van der Waals surface area (Å²) in [5, 5.41) is 2.16. The second kappa shape index (κ2) is 8.46. The highest BCUT2D eigenvalue weighted by Crippen LogP contribution is 2.28. The number of halogens is 2. The number of sulfonamides is 1. The summed E-state index contributed by atoms with van der Waals surface area (Å²) in [5.41, 5.74) is -0.751. The molecule has 2 aromatic rings. The van der Waals surface area contributed by atoms with E-state index in [2.05, 4.69) is 12.2 Å². The Labute approximate surface area is 168 Å². The number of ether oxygens (including phenoxy) is 1. The molecule has 0 saturated carbocycles. The molecule has 3 rings (SSSR count). The number of para-hydroxylation sites is 1. The van der Waals surface area contributed by atoms with Gasteiger partial charge >= 0.3 is 0 Å². The fourth-order valence-electron chi connectivity index (χ4n) is 3.20. The minimum atomic E-state index is -3.81. The standard InChI is InChI=1S/C20H22F2N2O4S/c1-13-8-10-24(11-9-13)29(26,27)14-6-7-18(28-2)15(12-14)20(25)23-19-16(21)4-3-5-17(19)22/h3-7,12-13H,8-11H2,1-2H3,(H,23,25). The minimum absolute atomic E-state index is 0.0768. The zero-order valence-corrected chi connectivity index (χ0v) is 16.9. The van der Waals surface area contributed by atoms with Gasteiger partial charge in [0.05, 0.1) is 17.6 Å². The molecule has 6 nitrogen and oxygen atoms in total. The van der Waals surface area contributed by atoms with Crippen molar-refractivity contribution < 1.29 is 26.7 Å². The molecule has 1 heterocycles. The largest absolute Gasteiger partial charge is 0.496 e. The monoisotopic (exact) mass is 424 g/mol. The molecule has 0 radical (unpaired) electrons. The van der Waals surface area contributed by atoms with Crippen molar-refractivity contribution >= 4 is 21.6 Å². The number of hydrogen-bond donors (Lipinski definition) is 1. The first-order valence-electron chi connectivity index (χ1n) is 9.17. The summed E-state index contributed by atoms with van der Waals surface area (Å²) in [5.74, 6) is -2.22. The first-order valence-corrected chi connectivity index (χ1v) is 10.6. The fraction of sp³-hybridized carbons (Fsp3) is 0.350. The Bertz CT molecular complexity index is 999. The van der Waals surface area contributed by atoms with Crippen molar-refractivity contribution in [2.45, 2.75) is 24.7 Å². The van der Waals surface area contributed by atoms with Crippen molar-refractivity contribution in [2.24, 2.45) is 5.92 Å². The Balaban J connectivity index is 1.94. The Hall–Kier alpha value is -2.52. The molecule has 1 aliphatic rings. The number of benzene rings is 2. The third-order valence-corrected chi connectivity index (χ3v) is 6.89. The predicted molar refractivity (Wildman–Crippen MR) is 104 cm³/mol. The first-order chi connectivity index (χ1) is 13.7. The quantitative estimate of drug-likeness (QED) is 0.795. The molecule has 0 bridgehead atoms. The summed E-state index contributed by atoms with van der Waals surface area (Å²) in [4.78, 5) is 12.6. The lowest BCUT2D eigenvalue weighted by molar-refractivity contribution is 0.102. The molecular formula is C20H22F2N2O4S.